The van der Waals surface area contributed by atoms with Gasteiger partial charge in [-0.2, -0.15) is 5.10 Å². The number of aromatic carboxylic acids is 1. The highest BCUT2D eigenvalue weighted by atomic mass is 35.5. The second-order valence-electron chi connectivity index (χ2n) is 7.35. The van der Waals surface area contributed by atoms with Crippen LogP contribution in [0.5, 0.6) is 0 Å². The van der Waals surface area contributed by atoms with Crippen molar-refractivity contribution in [2.75, 3.05) is 0 Å². The van der Waals surface area contributed by atoms with Crippen LogP contribution < -0.4 is 0 Å². The molecule has 0 fully saturated rings. The van der Waals surface area contributed by atoms with Gasteiger partial charge >= 0.3 is 5.97 Å². The molecule has 0 radical (unpaired) electrons. The van der Waals surface area contributed by atoms with Crippen LogP contribution in [0.1, 0.15) is 35.0 Å². The second-order valence-corrected chi connectivity index (χ2v) is 8.84. The summed E-state index contributed by atoms with van der Waals surface area (Å²) in [5.74, 6) is -1.47. The van der Waals surface area contributed by atoms with E-state index in [9.17, 15) is 9.90 Å². The molecule has 0 bridgehead atoms. The van der Waals surface area contributed by atoms with Crippen LogP contribution in [-0.2, 0) is 6.54 Å². The third-order valence-corrected chi connectivity index (χ3v) is 6.69. The number of carbonyl (C=O) groups is 1. The number of benzene rings is 2. The van der Waals surface area contributed by atoms with E-state index in [1.807, 2.05) is 28.4 Å². The van der Waals surface area contributed by atoms with E-state index in [4.69, 9.17) is 11.6 Å². The Hall–Kier alpha value is -2.77. The summed E-state index contributed by atoms with van der Waals surface area (Å²) in [6.45, 7) is 6.52. The maximum absolute atomic E-state index is 15.2. The van der Waals surface area contributed by atoms with E-state index in [-0.39, 0.29) is 10.6 Å². The Morgan fingerprint density at radius 3 is 2.74 bits per heavy atom. The molecule has 4 rings (SSSR count). The Labute approximate surface area is 188 Å². The van der Waals surface area contributed by atoms with E-state index in [1.165, 1.54) is 11.8 Å². The van der Waals surface area contributed by atoms with Crippen molar-refractivity contribution in [3.63, 3.8) is 0 Å². The van der Waals surface area contributed by atoms with Gasteiger partial charge in [-0.25, -0.2) is 9.18 Å². The van der Waals surface area contributed by atoms with E-state index < -0.39 is 11.8 Å². The van der Waals surface area contributed by atoms with Crippen LogP contribution in [0, 0.1) is 19.7 Å². The van der Waals surface area contributed by atoms with Crippen molar-refractivity contribution in [3.05, 3.63) is 70.4 Å². The number of aryl methyl sites for hydroxylation is 2. The summed E-state index contributed by atoms with van der Waals surface area (Å²) in [5.41, 5.74) is 2.90. The molecule has 160 valence electrons. The number of carboxylic acid groups (broad SMARTS) is 1. The predicted molar refractivity (Wildman–Crippen MR) is 121 cm³/mol. The fourth-order valence-corrected chi connectivity index (χ4v) is 4.90. The fraction of sp³-hybridized carbons (Fsp3) is 0.217. The van der Waals surface area contributed by atoms with E-state index in [1.54, 1.807) is 37.4 Å². The zero-order chi connectivity index (χ0) is 22.3. The van der Waals surface area contributed by atoms with Crippen molar-refractivity contribution >= 4 is 40.2 Å². The number of halogens is 2. The topological polar surface area (TPSA) is 60.0 Å². The van der Waals surface area contributed by atoms with Gasteiger partial charge in [-0.1, -0.05) is 36.4 Å². The summed E-state index contributed by atoms with van der Waals surface area (Å²) in [5, 5.41) is 14.6. The molecule has 4 aromatic rings. The summed E-state index contributed by atoms with van der Waals surface area (Å²) in [6, 6.07) is 8.66. The number of aromatic nitrogens is 3. The molecule has 0 unspecified atom stereocenters. The number of carboxylic acids is 1. The molecule has 2 aromatic carbocycles. The molecule has 5 nitrogen and oxygen atoms in total. The zero-order valence-electron chi connectivity index (χ0n) is 17.3. The summed E-state index contributed by atoms with van der Waals surface area (Å²) in [4.78, 5) is 13.2. The normalized spacial score (nSPS) is 11.4. The molecule has 0 aliphatic heterocycles. The SMILES string of the molecule is CCCn1cc(-n2c(C)c(Sc3ccc(C)c(C(=O)O)c3)c3ccc(Cl)c(F)c32)cn1. The molecule has 0 aliphatic carbocycles. The highest BCUT2D eigenvalue weighted by molar-refractivity contribution is 7.99. The number of nitrogens with zero attached hydrogens (tertiary/aromatic N) is 3. The minimum absolute atomic E-state index is 0.0484. The van der Waals surface area contributed by atoms with Gasteiger partial charge in [0, 0.05) is 33.6 Å². The van der Waals surface area contributed by atoms with E-state index in [2.05, 4.69) is 12.0 Å². The molecule has 0 saturated carbocycles. The molecular weight excluding hydrogens is 437 g/mol. The van der Waals surface area contributed by atoms with E-state index in [0.717, 1.165) is 34.1 Å². The summed E-state index contributed by atoms with van der Waals surface area (Å²) >= 11 is 7.53. The maximum Gasteiger partial charge on any atom is 0.335 e. The van der Waals surface area contributed by atoms with Gasteiger partial charge in [-0.3, -0.25) is 4.68 Å². The van der Waals surface area contributed by atoms with Crippen LogP contribution in [0.15, 0.2) is 52.5 Å². The lowest BCUT2D eigenvalue weighted by Gasteiger charge is -2.08. The van der Waals surface area contributed by atoms with Gasteiger partial charge in [0.1, 0.15) is 0 Å². The molecule has 2 heterocycles. The van der Waals surface area contributed by atoms with Crippen molar-refractivity contribution in [2.24, 2.45) is 0 Å². The van der Waals surface area contributed by atoms with Crippen molar-refractivity contribution in [1.29, 1.82) is 0 Å². The summed E-state index contributed by atoms with van der Waals surface area (Å²) in [6.07, 6.45) is 4.54. The number of hydrogen-bond donors (Lipinski definition) is 1. The molecule has 1 N–H and O–H groups in total. The lowest BCUT2D eigenvalue weighted by atomic mass is 10.1. The van der Waals surface area contributed by atoms with Crippen LogP contribution >= 0.6 is 23.4 Å². The second kappa shape index (κ2) is 8.40. The van der Waals surface area contributed by atoms with Gasteiger partial charge in [0.15, 0.2) is 5.82 Å². The predicted octanol–water partition coefficient (Wildman–Crippen LogP) is 6.50. The number of rotatable bonds is 6. The molecule has 0 saturated heterocycles. The number of fused-ring (bicyclic) bond motifs is 1. The van der Waals surface area contributed by atoms with Crippen molar-refractivity contribution in [2.45, 2.75) is 43.5 Å². The Morgan fingerprint density at radius 2 is 2.03 bits per heavy atom. The Morgan fingerprint density at radius 1 is 1.26 bits per heavy atom. The third-order valence-electron chi connectivity index (χ3n) is 5.19. The summed E-state index contributed by atoms with van der Waals surface area (Å²) < 4.78 is 18.8. The van der Waals surface area contributed by atoms with Gasteiger partial charge in [0.25, 0.3) is 0 Å². The largest absolute Gasteiger partial charge is 0.478 e. The van der Waals surface area contributed by atoms with Crippen LogP contribution in [0.2, 0.25) is 5.02 Å². The van der Waals surface area contributed by atoms with Crippen LogP contribution in [0.25, 0.3) is 16.6 Å². The molecule has 0 amide bonds. The van der Waals surface area contributed by atoms with Crippen LogP contribution in [0.3, 0.4) is 0 Å². The first-order valence-corrected chi connectivity index (χ1v) is 11.0. The average Bonchev–Trinajstić information content (AvgIpc) is 3.29. The third kappa shape index (κ3) is 3.83. The summed E-state index contributed by atoms with van der Waals surface area (Å²) in [7, 11) is 0. The van der Waals surface area contributed by atoms with Gasteiger partial charge in [-0.05, 0) is 50.1 Å². The van der Waals surface area contributed by atoms with Gasteiger partial charge < -0.3 is 9.67 Å². The van der Waals surface area contributed by atoms with Gasteiger partial charge in [-0.15, -0.1) is 0 Å². The molecule has 2 aromatic heterocycles. The van der Waals surface area contributed by atoms with E-state index >= 15 is 4.39 Å². The zero-order valence-corrected chi connectivity index (χ0v) is 18.9. The average molecular weight is 458 g/mol. The minimum Gasteiger partial charge on any atom is -0.478 e. The lowest BCUT2D eigenvalue weighted by molar-refractivity contribution is 0.0696. The monoisotopic (exact) mass is 457 g/mol. The maximum atomic E-state index is 15.2. The smallest absolute Gasteiger partial charge is 0.335 e. The number of hydrogen-bond acceptors (Lipinski definition) is 3. The molecule has 8 heteroatoms. The first-order valence-electron chi connectivity index (χ1n) is 9.85. The molecule has 31 heavy (non-hydrogen) atoms. The Balaban J connectivity index is 1.91. The van der Waals surface area contributed by atoms with Gasteiger partial charge in [0.05, 0.1) is 28.0 Å². The molecular formula is C23H21ClFN3O2S. The van der Waals surface area contributed by atoms with Crippen LogP contribution in [-0.4, -0.2) is 25.4 Å². The molecule has 0 atom stereocenters. The van der Waals surface area contributed by atoms with E-state index in [0.29, 0.717) is 16.5 Å². The first kappa shape index (κ1) is 21.5. The molecule has 0 aliphatic rings. The lowest BCUT2D eigenvalue weighted by Crippen LogP contribution is -1.99. The van der Waals surface area contributed by atoms with Crippen molar-refractivity contribution in [1.82, 2.24) is 14.3 Å². The fourth-order valence-electron chi connectivity index (χ4n) is 3.69. The van der Waals surface area contributed by atoms with Crippen molar-refractivity contribution < 1.29 is 14.3 Å². The Kier molecular flexibility index (Phi) is 5.81. The van der Waals surface area contributed by atoms with Gasteiger partial charge in [0.2, 0.25) is 0 Å². The minimum atomic E-state index is -0.972. The first-order chi connectivity index (χ1) is 14.8. The highest BCUT2D eigenvalue weighted by Crippen LogP contribution is 2.42. The Bertz CT molecular complexity index is 1310. The standard InChI is InChI=1S/C23H21ClFN3O2S/c1-4-9-27-12-15(11-26-27)28-14(3)22(17-7-8-19(24)20(25)21(17)28)31-16-6-5-13(2)18(10-16)23(29)30/h5-8,10-12H,4,9H2,1-3H3,(H,29,30). The van der Waals surface area contributed by atoms with Crippen molar-refractivity contribution in [3.8, 4) is 5.69 Å². The molecule has 0 spiro atoms. The van der Waals surface area contributed by atoms with Crippen LogP contribution in [0.4, 0.5) is 4.39 Å². The highest BCUT2D eigenvalue weighted by Gasteiger charge is 2.22. The quantitative estimate of drug-likeness (QED) is 0.359.